The molecule has 3 rings (SSSR count). The van der Waals surface area contributed by atoms with E-state index < -0.39 is 9.84 Å². The SMILES string of the molecule is COc1cccc(COCC(=O)N(Cc2cccs2)[C@H]2CCS(=O)(=O)C2)c1. The van der Waals surface area contributed by atoms with E-state index in [4.69, 9.17) is 9.47 Å². The second kappa shape index (κ2) is 8.86. The highest BCUT2D eigenvalue weighted by Crippen LogP contribution is 2.22. The first-order valence-electron chi connectivity index (χ1n) is 8.70. The number of carbonyl (C=O) groups excluding carboxylic acids is 1. The topological polar surface area (TPSA) is 72.9 Å². The van der Waals surface area contributed by atoms with Gasteiger partial charge in [-0.15, -0.1) is 11.3 Å². The van der Waals surface area contributed by atoms with Crippen LogP contribution in [0.5, 0.6) is 5.75 Å². The molecule has 1 amide bonds. The Morgan fingerprint density at radius 1 is 1.30 bits per heavy atom. The van der Waals surface area contributed by atoms with Crippen molar-refractivity contribution in [3.63, 3.8) is 0 Å². The number of methoxy groups -OCH3 is 1. The van der Waals surface area contributed by atoms with Gasteiger partial charge in [-0.3, -0.25) is 4.79 Å². The molecular weight excluding hydrogens is 386 g/mol. The van der Waals surface area contributed by atoms with Gasteiger partial charge in [0.25, 0.3) is 0 Å². The average Bonchev–Trinajstić information content (AvgIpc) is 3.28. The molecule has 1 atom stereocenters. The molecule has 0 N–H and O–H groups in total. The summed E-state index contributed by atoms with van der Waals surface area (Å²) in [4.78, 5) is 15.4. The lowest BCUT2D eigenvalue weighted by Gasteiger charge is -2.28. The molecule has 1 aromatic heterocycles. The maximum atomic E-state index is 12.8. The zero-order chi connectivity index (χ0) is 19.3. The number of hydrogen-bond donors (Lipinski definition) is 0. The number of hydrogen-bond acceptors (Lipinski definition) is 6. The predicted molar refractivity (Wildman–Crippen MR) is 105 cm³/mol. The molecule has 6 nitrogen and oxygen atoms in total. The quantitative estimate of drug-likeness (QED) is 0.670. The van der Waals surface area contributed by atoms with Crippen LogP contribution in [0.3, 0.4) is 0 Å². The van der Waals surface area contributed by atoms with E-state index in [9.17, 15) is 13.2 Å². The molecule has 2 aromatic rings. The van der Waals surface area contributed by atoms with Crippen LogP contribution in [-0.4, -0.2) is 50.5 Å². The van der Waals surface area contributed by atoms with Crippen LogP contribution in [0.1, 0.15) is 16.9 Å². The zero-order valence-electron chi connectivity index (χ0n) is 15.2. The van der Waals surface area contributed by atoms with Gasteiger partial charge in [-0.25, -0.2) is 8.42 Å². The van der Waals surface area contributed by atoms with Gasteiger partial charge in [0.1, 0.15) is 12.4 Å². The zero-order valence-corrected chi connectivity index (χ0v) is 16.8. The first-order valence-corrected chi connectivity index (χ1v) is 11.4. The third kappa shape index (κ3) is 5.54. The molecule has 0 spiro atoms. The molecule has 8 heteroatoms. The summed E-state index contributed by atoms with van der Waals surface area (Å²) in [6.07, 6.45) is 0.481. The maximum absolute atomic E-state index is 12.8. The summed E-state index contributed by atoms with van der Waals surface area (Å²) in [5, 5.41) is 1.95. The Hall–Kier alpha value is -1.90. The van der Waals surface area contributed by atoms with E-state index >= 15 is 0 Å². The van der Waals surface area contributed by atoms with Crippen LogP contribution < -0.4 is 4.74 Å². The fourth-order valence-corrected chi connectivity index (χ4v) is 5.55. The van der Waals surface area contributed by atoms with Crippen molar-refractivity contribution in [2.75, 3.05) is 25.2 Å². The van der Waals surface area contributed by atoms with Gasteiger partial charge >= 0.3 is 0 Å². The second-order valence-electron chi connectivity index (χ2n) is 6.50. The third-order valence-electron chi connectivity index (χ3n) is 4.50. The monoisotopic (exact) mass is 409 g/mol. The standard InChI is InChI=1S/C19H23NO5S2/c1-24-17-5-2-4-15(10-17)12-25-13-19(21)20(11-18-6-3-8-26-18)16-7-9-27(22,23)14-16/h2-6,8,10,16H,7,9,11-14H2,1H3/t16-/m0/s1. The van der Waals surface area contributed by atoms with Crippen molar-refractivity contribution in [3.05, 3.63) is 52.2 Å². The lowest BCUT2D eigenvalue weighted by Crippen LogP contribution is -2.42. The highest BCUT2D eigenvalue weighted by atomic mass is 32.2. The number of nitrogens with zero attached hydrogens (tertiary/aromatic N) is 1. The van der Waals surface area contributed by atoms with E-state index in [1.807, 2.05) is 41.8 Å². The van der Waals surface area contributed by atoms with E-state index in [1.54, 1.807) is 23.3 Å². The lowest BCUT2D eigenvalue weighted by atomic mass is 10.2. The first-order chi connectivity index (χ1) is 13.0. The summed E-state index contributed by atoms with van der Waals surface area (Å²) in [5.74, 6) is 0.711. The molecule has 0 unspecified atom stereocenters. The van der Waals surface area contributed by atoms with Crippen molar-refractivity contribution in [2.45, 2.75) is 25.6 Å². The molecule has 0 saturated carbocycles. The molecule has 1 fully saturated rings. The van der Waals surface area contributed by atoms with E-state index in [0.29, 0.717) is 19.6 Å². The summed E-state index contributed by atoms with van der Waals surface area (Å²) in [7, 11) is -1.47. The van der Waals surface area contributed by atoms with Crippen LogP contribution in [0.4, 0.5) is 0 Å². The fourth-order valence-electron chi connectivity index (χ4n) is 3.11. The maximum Gasteiger partial charge on any atom is 0.249 e. The van der Waals surface area contributed by atoms with Crippen molar-refractivity contribution < 1.29 is 22.7 Å². The Morgan fingerprint density at radius 2 is 2.15 bits per heavy atom. The van der Waals surface area contributed by atoms with Crippen LogP contribution >= 0.6 is 11.3 Å². The van der Waals surface area contributed by atoms with E-state index in [0.717, 1.165) is 16.2 Å². The van der Waals surface area contributed by atoms with Crippen molar-refractivity contribution >= 4 is 27.1 Å². The van der Waals surface area contributed by atoms with E-state index in [2.05, 4.69) is 0 Å². The van der Waals surface area contributed by atoms with Crippen molar-refractivity contribution in [2.24, 2.45) is 0 Å². The summed E-state index contributed by atoms with van der Waals surface area (Å²) in [6, 6.07) is 11.1. The van der Waals surface area contributed by atoms with Gasteiger partial charge in [-0.2, -0.15) is 0 Å². The molecule has 0 radical (unpaired) electrons. The summed E-state index contributed by atoms with van der Waals surface area (Å²) < 4.78 is 34.5. The lowest BCUT2D eigenvalue weighted by molar-refractivity contribution is -0.139. The van der Waals surface area contributed by atoms with Gasteiger partial charge < -0.3 is 14.4 Å². The number of sulfone groups is 1. The summed E-state index contributed by atoms with van der Waals surface area (Å²) in [5.41, 5.74) is 0.912. The summed E-state index contributed by atoms with van der Waals surface area (Å²) in [6.45, 7) is 0.622. The number of carbonyl (C=O) groups is 1. The van der Waals surface area contributed by atoms with E-state index in [-0.39, 0.29) is 30.1 Å². The number of benzene rings is 1. The van der Waals surface area contributed by atoms with Gasteiger partial charge in [0, 0.05) is 10.9 Å². The van der Waals surface area contributed by atoms with Crippen LogP contribution in [-0.2, 0) is 32.5 Å². The Morgan fingerprint density at radius 3 is 2.81 bits per heavy atom. The molecule has 0 aliphatic carbocycles. The van der Waals surface area contributed by atoms with E-state index in [1.165, 1.54) is 0 Å². The minimum Gasteiger partial charge on any atom is -0.497 e. The highest BCUT2D eigenvalue weighted by molar-refractivity contribution is 7.91. The molecule has 27 heavy (non-hydrogen) atoms. The number of ether oxygens (including phenoxy) is 2. The van der Waals surface area contributed by atoms with Gasteiger partial charge in [-0.1, -0.05) is 18.2 Å². The fraction of sp³-hybridized carbons (Fsp3) is 0.421. The molecule has 1 saturated heterocycles. The average molecular weight is 410 g/mol. The smallest absolute Gasteiger partial charge is 0.249 e. The van der Waals surface area contributed by atoms with Gasteiger partial charge in [-0.05, 0) is 35.6 Å². The molecule has 146 valence electrons. The van der Waals surface area contributed by atoms with Gasteiger partial charge in [0.2, 0.25) is 5.91 Å². The van der Waals surface area contributed by atoms with Crippen LogP contribution in [0.2, 0.25) is 0 Å². The molecule has 1 aliphatic rings. The number of thiophene rings is 1. The van der Waals surface area contributed by atoms with Crippen molar-refractivity contribution in [3.8, 4) is 5.75 Å². The van der Waals surface area contributed by atoms with Crippen LogP contribution in [0.15, 0.2) is 41.8 Å². The van der Waals surface area contributed by atoms with Crippen LogP contribution in [0.25, 0.3) is 0 Å². The number of amides is 1. The number of rotatable bonds is 8. The normalized spacial score (nSPS) is 18.3. The second-order valence-corrected chi connectivity index (χ2v) is 9.76. The molecule has 0 bridgehead atoms. The Bertz CT molecular complexity index is 864. The molecule has 1 aromatic carbocycles. The van der Waals surface area contributed by atoms with Crippen molar-refractivity contribution in [1.82, 2.24) is 4.90 Å². The highest BCUT2D eigenvalue weighted by Gasteiger charge is 2.34. The molecular formula is C19H23NO5S2. The molecule has 2 heterocycles. The predicted octanol–water partition coefficient (Wildman–Crippen LogP) is 2.49. The van der Waals surface area contributed by atoms with Gasteiger partial charge in [0.15, 0.2) is 9.84 Å². The Labute approximate surface area is 163 Å². The van der Waals surface area contributed by atoms with Crippen LogP contribution in [0, 0.1) is 0 Å². The largest absolute Gasteiger partial charge is 0.497 e. The first kappa shape index (κ1) is 19.9. The Balaban J connectivity index is 1.61. The van der Waals surface area contributed by atoms with Crippen molar-refractivity contribution in [1.29, 1.82) is 0 Å². The minimum absolute atomic E-state index is 0.0278. The summed E-state index contributed by atoms with van der Waals surface area (Å²) >= 11 is 1.55. The Kier molecular flexibility index (Phi) is 6.51. The molecule has 1 aliphatic heterocycles. The minimum atomic E-state index is -3.07. The third-order valence-corrected chi connectivity index (χ3v) is 7.12. The van der Waals surface area contributed by atoms with Gasteiger partial charge in [0.05, 0.1) is 31.8 Å².